The number of benzene rings is 1. The molecule has 15 nitrogen and oxygen atoms in total. The number of imide groups is 1. The number of nitrogens with zero attached hydrogens (tertiary/aromatic N) is 5. The van der Waals surface area contributed by atoms with Crippen LogP contribution >= 0.6 is 15.9 Å². The summed E-state index contributed by atoms with van der Waals surface area (Å²) in [5.41, 5.74) is -1.98. The molecule has 2 aromatic heterocycles. The van der Waals surface area contributed by atoms with Crippen LogP contribution in [0.25, 0.3) is 17.2 Å². The fourth-order valence-electron chi connectivity index (χ4n) is 3.34. The van der Waals surface area contributed by atoms with Crippen LogP contribution in [-0.4, -0.2) is 72.0 Å². The van der Waals surface area contributed by atoms with E-state index < -0.39 is 47.0 Å². The summed E-state index contributed by atoms with van der Waals surface area (Å²) >= 11 is 3.05. The highest BCUT2D eigenvalue weighted by Crippen LogP contribution is 2.26. The Bertz CT molecular complexity index is 1460. The molecule has 222 valence electrons. The first-order chi connectivity index (χ1) is 19.0. The highest BCUT2D eigenvalue weighted by atomic mass is 79.9. The zero-order valence-electron chi connectivity index (χ0n) is 22.9. The fourth-order valence-corrected chi connectivity index (χ4v) is 3.71. The molecule has 0 radical (unpaired) electrons. The number of aliphatic carboxylic acids is 1. The number of anilines is 1. The molecule has 0 aliphatic rings. The number of rotatable bonds is 8. The molecule has 17 heteroatoms. The first-order valence-corrected chi connectivity index (χ1v) is 12.9. The number of nitrogens with one attached hydrogen (secondary N) is 1. The van der Waals surface area contributed by atoms with Gasteiger partial charge in [0.15, 0.2) is 5.69 Å². The Hall–Kier alpha value is -4.28. The van der Waals surface area contributed by atoms with Gasteiger partial charge in [0.1, 0.15) is 23.1 Å². The standard InChI is InChI=1S/C24H28BrFN6O9/c1-23(2,3)38-20(35)32(21(36)39-24(4,5)6)15(19(33)34)9-10-27-17-16(28-41-29-17)18-30-40-22(37)31(18)12-7-8-14(26)13(25)11-12/h7-8,11,15H,9-10H2,1-6H3,(H,27,29)(H,33,34). The molecule has 0 aliphatic heterocycles. The third-order valence-electron chi connectivity index (χ3n) is 4.95. The van der Waals surface area contributed by atoms with Crippen LogP contribution in [0.15, 0.2) is 36.6 Å². The van der Waals surface area contributed by atoms with Crippen molar-refractivity contribution in [1.82, 2.24) is 24.9 Å². The van der Waals surface area contributed by atoms with E-state index in [9.17, 15) is 28.7 Å². The van der Waals surface area contributed by atoms with E-state index in [-0.39, 0.29) is 40.5 Å². The van der Waals surface area contributed by atoms with E-state index in [0.717, 1.165) is 10.6 Å². The zero-order valence-corrected chi connectivity index (χ0v) is 24.5. The van der Waals surface area contributed by atoms with Crippen molar-refractivity contribution in [2.24, 2.45) is 0 Å². The van der Waals surface area contributed by atoms with Gasteiger partial charge in [0.05, 0.1) is 10.2 Å². The molecule has 0 spiro atoms. The highest BCUT2D eigenvalue weighted by molar-refractivity contribution is 9.10. The number of carbonyl (C=O) groups is 3. The van der Waals surface area contributed by atoms with Crippen molar-refractivity contribution in [3.8, 4) is 17.2 Å². The van der Waals surface area contributed by atoms with Gasteiger partial charge in [-0.05, 0) is 92.4 Å². The minimum absolute atomic E-state index is 0.0709. The molecule has 1 unspecified atom stereocenters. The van der Waals surface area contributed by atoms with E-state index in [0.29, 0.717) is 4.90 Å². The van der Waals surface area contributed by atoms with Gasteiger partial charge in [-0.1, -0.05) is 5.16 Å². The van der Waals surface area contributed by atoms with Gasteiger partial charge in [0, 0.05) is 6.54 Å². The van der Waals surface area contributed by atoms with Crippen LogP contribution in [0.5, 0.6) is 0 Å². The summed E-state index contributed by atoms with van der Waals surface area (Å²) in [5, 5.41) is 23.9. The van der Waals surface area contributed by atoms with Gasteiger partial charge in [0.25, 0.3) is 0 Å². The van der Waals surface area contributed by atoms with E-state index in [2.05, 4.69) is 36.7 Å². The second-order valence-corrected chi connectivity index (χ2v) is 11.4. The summed E-state index contributed by atoms with van der Waals surface area (Å²) in [6.07, 6.45) is -2.75. The molecule has 2 heterocycles. The summed E-state index contributed by atoms with van der Waals surface area (Å²) in [7, 11) is 0. The van der Waals surface area contributed by atoms with E-state index in [1.165, 1.54) is 12.1 Å². The minimum Gasteiger partial charge on any atom is -0.480 e. The normalized spacial score (nSPS) is 12.5. The lowest BCUT2D eigenvalue weighted by atomic mass is 10.1. The predicted molar refractivity (Wildman–Crippen MR) is 142 cm³/mol. The van der Waals surface area contributed by atoms with Gasteiger partial charge in [-0.15, -0.1) is 0 Å². The predicted octanol–water partition coefficient (Wildman–Crippen LogP) is 4.20. The molecule has 0 saturated carbocycles. The summed E-state index contributed by atoms with van der Waals surface area (Å²) in [5.74, 6) is -3.21. The summed E-state index contributed by atoms with van der Waals surface area (Å²) in [4.78, 5) is 50.8. The number of carboxylic acids is 1. The fraction of sp³-hybridized carbons (Fsp3) is 0.458. The maximum Gasteiger partial charge on any atom is 0.446 e. The first kappa shape index (κ1) is 31.3. The molecule has 2 N–H and O–H groups in total. The minimum atomic E-state index is -1.71. The number of ether oxygens (including phenoxy) is 2. The number of aromatic nitrogens is 4. The number of carboxylic acid groups (broad SMARTS) is 1. The summed E-state index contributed by atoms with van der Waals surface area (Å²) in [6, 6.07) is 2.03. The summed E-state index contributed by atoms with van der Waals surface area (Å²) < 4.78 is 34.8. The first-order valence-electron chi connectivity index (χ1n) is 12.1. The number of halogens is 2. The Morgan fingerprint density at radius 3 is 2.24 bits per heavy atom. The molecule has 2 amide bonds. The van der Waals surface area contributed by atoms with Crippen LogP contribution in [0.2, 0.25) is 0 Å². The lowest BCUT2D eigenvalue weighted by Gasteiger charge is -2.31. The van der Waals surface area contributed by atoms with Crippen LogP contribution in [0.3, 0.4) is 0 Å². The Morgan fingerprint density at radius 1 is 1.10 bits per heavy atom. The second-order valence-electron chi connectivity index (χ2n) is 10.6. The lowest BCUT2D eigenvalue weighted by molar-refractivity contribution is -0.143. The number of hydrogen-bond donors (Lipinski definition) is 2. The molecule has 1 atom stereocenters. The van der Waals surface area contributed by atoms with E-state index in [1.54, 1.807) is 41.5 Å². The van der Waals surface area contributed by atoms with Crippen molar-refractivity contribution in [3.63, 3.8) is 0 Å². The Morgan fingerprint density at radius 2 is 1.71 bits per heavy atom. The molecule has 1 aromatic carbocycles. The average molecular weight is 643 g/mol. The smallest absolute Gasteiger partial charge is 0.446 e. The molecule has 0 fully saturated rings. The van der Waals surface area contributed by atoms with Gasteiger partial charge in [-0.3, -0.25) is 4.52 Å². The molecule has 0 bridgehead atoms. The maximum absolute atomic E-state index is 13.7. The monoisotopic (exact) mass is 642 g/mol. The largest absolute Gasteiger partial charge is 0.480 e. The van der Waals surface area contributed by atoms with Crippen molar-refractivity contribution >= 4 is 39.9 Å². The Balaban J connectivity index is 1.86. The molecule has 0 aliphatic carbocycles. The zero-order chi connectivity index (χ0) is 30.7. The number of carbonyl (C=O) groups excluding carboxylic acids is 2. The van der Waals surface area contributed by atoms with Crippen LogP contribution in [0, 0.1) is 5.82 Å². The second kappa shape index (κ2) is 12.1. The van der Waals surface area contributed by atoms with Crippen LogP contribution in [0.1, 0.15) is 48.0 Å². The average Bonchev–Trinajstić information content (AvgIpc) is 3.43. The van der Waals surface area contributed by atoms with E-state index >= 15 is 0 Å². The summed E-state index contributed by atoms with van der Waals surface area (Å²) in [6.45, 7) is 9.16. The number of hydrogen-bond acceptors (Lipinski definition) is 12. The topological polar surface area (TPSA) is 192 Å². The van der Waals surface area contributed by atoms with Gasteiger partial charge in [-0.25, -0.2) is 32.8 Å². The van der Waals surface area contributed by atoms with Crippen molar-refractivity contribution in [3.05, 3.63) is 39.0 Å². The van der Waals surface area contributed by atoms with Crippen LogP contribution < -0.4 is 11.1 Å². The molecule has 0 saturated heterocycles. The van der Waals surface area contributed by atoms with Gasteiger partial charge in [0.2, 0.25) is 11.6 Å². The number of amides is 2. The van der Waals surface area contributed by atoms with E-state index in [4.69, 9.17) is 18.6 Å². The highest BCUT2D eigenvalue weighted by Gasteiger charge is 2.40. The third kappa shape index (κ3) is 7.90. The van der Waals surface area contributed by atoms with Crippen LogP contribution in [0.4, 0.5) is 19.8 Å². The molecule has 3 aromatic rings. The van der Waals surface area contributed by atoms with Gasteiger partial charge >= 0.3 is 23.9 Å². The van der Waals surface area contributed by atoms with Crippen molar-refractivity contribution in [2.75, 3.05) is 11.9 Å². The molecule has 3 rings (SSSR count). The van der Waals surface area contributed by atoms with Gasteiger partial charge < -0.3 is 19.9 Å². The Labute approximate surface area is 240 Å². The van der Waals surface area contributed by atoms with Crippen molar-refractivity contribution < 1.29 is 42.5 Å². The van der Waals surface area contributed by atoms with E-state index in [1.807, 2.05) is 0 Å². The van der Waals surface area contributed by atoms with Crippen molar-refractivity contribution in [2.45, 2.75) is 65.2 Å². The quantitative estimate of drug-likeness (QED) is 0.355. The van der Waals surface area contributed by atoms with Gasteiger partial charge in [-0.2, -0.15) is 4.90 Å². The molecule has 41 heavy (non-hydrogen) atoms. The van der Waals surface area contributed by atoms with Crippen LogP contribution in [-0.2, 0) is 14.3 Å². The lowest BCUT2D eigenvalue weighted by Crippen LogP contribution is -2.52. The SMILES string of the molecule is CC(C)(C)OC(=O)N(C(=O)OC(C)(C)C)C(CCNc1nonc1-c1noc(=O)n1-c1ccc(F)c(Br)c1)C(=O)O. The third-order valence-corrected chi connectivity index (χ3v) is 5.56. The Kier molecular flexibility index (Phi) is 9.20. The molecular formula is C24H28BrFN6O9. The van der Waals surface area contributed by atoms with Crippen molar-refractivity contribution in [1.29, 1.82) is 0 Å². The maximum atomic E-state index is 13.7. The molecular weight excluding hydrogens is 615 g/mol.